The lowest BCUT2D eigenvalue weighted by atomic mass is 10.1. The van der Waals surface area contributed by atoms with Crippen molar-refractivity contribution in [3.8, 4) is 5.75 Å². The molecule has 7 nitrogen and oxygen atoms in total. The third-order valence-electron chi connectivity index (χ3n) is 3.74. The van der Waals surface area contributed by atoms with Crippen LogP contribution in [0.1, 0.15) is 33.9 Å². The summed E-state index contributed by atoms with van der Waals surface area (Å²) in [5.41, 5.74) is 5.37. The van der Waals surface area contributed by atoms with Crippen molar-refractivity contribution < 1.29 is 18.7 Å². The summed E-state index contributed by atoms with van der Waals surface area (Å²) in [5, 5.41) is 0. The predicted octanol–water partition coefficient (Wildman–Crippen LogP) is 2.22. The maximum absolute atomic E-state index is 12.4. The van der Waals surface area contributed by atoms with E-state index in [1.807, 2.05) is 0 Å². The lowest BCUT2D eigenvalue weighted by Crippen LogP contribution is -2.44. The van der Waals surface area contributed by atoms with Gasteiger partial charge in [0.1, 0.15) is 17.5 Å². The van der Waals surface area contributed by atoms with Gasteiger partial charge in [-0.15, -0.1) is 0 Å². The number of carbonyl (C=O) groups excluding carboxylic acids is 2. The van der Waals surface area contributed by atoms with Crippen LogP contribution in [0.25, 0.3) is 0 Å². The van der Waals surface area contributed by atoms with Gasteiger partial charge in [0.2, 0.25) is 0 Å². The Kier molecular flexibility index (Phi) is 4.84. The first kappa shape index (κ1) is 16.5. The number of nitrogens with two attached hydrogens (primary N) is 1. The quantitative estimate of drug-likeness (QED) is 0.858. The lowest BCUT2D eigenvalue weighted by molar-refractivity contribution is 0.0509. The van der Waals surface area contributed by atoms with E-state index in [9.17, 15) is 9.59 Å². The van der Waals surface area contributed by atoms with Crippen LogP contribution < -0.4 is 10.5 Å². The van der Waals surface area contributed by atoms with E-state index in [4.69, 9.17) is 14.9 Å². The van der Waals surface area contributed by atoms with E-state index in [1.165, 1.54) is 12.3 Å². The van der Waals surface area contributed by atoms with Gasteiger partial charge in [0, 0.05) is 18.8 Å². The number of amides is 2. The number of furan rings is 1. The van der Waals surface area contributed by atoms with Crippen LogP contribution >= 0.6 is 15.9 Å². The summed E-state index contributed by atoms with van der Waals surface area (Å²) < 4.78 is 11.7. The summed E-state index contributed by atoms with van der Waals surface area (Å²) in [7, 11) is 0. The number of rotatable bonds is 4. The van der Waals surface area contributed by atoms with Crippen molar-refractivity contribution in [1.82, 2.24) is 9.88 Å². The fraction of sp³-hybridized carbons (Fsp3) is 0.312. The maximum atomic E-state index is 12.4. The van der Waals surface area contributed by atoms with E-state index in [0.29, 0.717) is 29.3 Å². The van der Waals surface area contributed by atoms with Crippen molar-refractivity contribution in [3.63, 3.8) is 0 Å². The van der Waals surface area contributed by atoms with Crippen LogP contribution in [0.15, 0.2) is 39.5 Å². The van der Waals surface area contributed by atoms with E-state index in [0.717, 1.165) is 12.8 Å². The van der Waals surface area contributed by atoms with Crippen LogP contribution in [0.4, 0.5) is 0 Å². The molecular weight excluding hydrogens is 378 g/mol. The zero-order valence-corrected chi connectivity index (χ0v) is 14.4. The molecule has 1 atom stereocenters. The molecule has 3 rings (SSSR count). The van der Waals surface area contributed by atoms with E-state index in [2.05, 4.69) is 20.9 Å². The average molecular weight is 394 g/mol. The Bertz CT molecular complexity index is 761. The molecule has 2 aromatic heterocycles. The van der Waals surface area contributed by atoms with Gasteiger partial charge in [-0.05, 0) is 47.0 Å². The third kappa shape index (κ3) is 3.76. The first-order chi connectivity index (χ1) is 11.5. The number of primary amides is 1. The number of likely N-dealkylation sites (tertiary alicyclic amines) is 1. The van der Waals surface area contributed by atoms with Crippen LogP contribution in [-0.2, 0) is 0 Å². The topological polar surface area (TPSA) is 98.7 Å². The van der Waals surface area contributed by atoms with Crippen LogP contribution in [0.5, 0.6) is 5.75 Å². The van der Waals surface area contributed by atoms with Gasteiger partial charge in [-0.1, -0.05) is 0 Å². The Labute approximate surface area is 146 Å². The molecule has 2 amide bonds. The molecule has 0 aromatic carbocycles. The Morgan fingerprint density at radius 3 is 2.92 bits per heavy atom. The van der Waals surface area contributed by atoms with E-state index in [-0.39, 0.29) is 17.7 Å². The van der Waals surface area contributed by atoms with Crippen molar-refractivity contribution in [2.24, 2.45) is 5.73 Å². The monoisotopic (exact) mass is 393 g/mol. The SMILES string of the molecule is NC(=O)c1cc(OC2CCCN(C(=O)c3ccc(Br)o3)C2)ccn1. The summed E-state index contributed by atoms with van der Waals surface area (Å²) in [6.45, 7) is 1.10. The number of pyridine rings is 1. The molecule has 126 valence electrons. The zero-order chi connectivity index (χ0) is 17.1. The largest absolute Gasteiger partial charge is 0.488 e. The Hall–Kier alpha value is -2.35. The number of halogens is 1. The summed E-state index contributed by atoms with van der Waals surface area (Å²) >= 11 is 3.19. The van der Waals surface area contributed by atoms with Gasteiger partial charge in [0.25, 0.3) is 11.8 Å². The van der Waals surface area contributed by atoms with Gasteiger partial charge in [-0.3, -0.25) is 14.6 Å². The van der Waals surface area contributed by atoms with Crippen LogP contribution in [0.2, 0.25) is 0 Å². The van der Waals surface area contributed by atoms with Crippen molar-refractivity contribution in [2.75, 3.05) is 13.1 Å². The molecule has 0 spiro atoms. The molecule has 1 unspecified atom stereocenters. The summed E-state index contributed by atoms with van der Waals surface area (Å²) in [6.07, 6.45) is 2.96. The first-order valence-corrected chi connectivity index (χ1v) is 8.29. The van der Waals surface area contributed by atoms with Crippen molar-refractivity contribution in [1.29, 1.82) is 0 Å². The highest BCUT2D eigenvalue weighted by atomic mass is 79.9. The second kappa shape index (κ2) is 7.04. The van der Waals surface area contributed by atoms with Crippen LogP contribution in [-0.4, -0.2) is 40.9 Å². The van der Waals surface area contributed by atoms with Crippen molar-refractivity contribution in [3.05, 3.63) is 46.6 Å². The van der Waals surface area contributed by atoms with E-state index >= 15 is 0 Å². The van der Waals surface area contributed by atoms with Gasteiger partial charge in [0.05, 0.1) is 6.54 Å². The number of hydrogen-bond donors (Lipinski definition) is 1. The molecule has 1 saturated heterocycles. The molecule has 0 aliphatic carbocycles. The first-order valence-electron chi connectivity index (χ1n) is 7.50. The molecule has 8 heteroatoms. The Morgan fingerprint density at radius 1 is 1.38 bits per heavy atom. The Morgan fingerprint density at radius 2 is 2.21 bits per heavy atom. The number of carbonyl (C=O) groups is 2. The molecule has 2 N–H and O–H groups in total. The van der Waals surface area contributed by atoms with Crippen LogP contribution in [0.3, 0.4) is 0 Å². The average Bonchev–Trinajstić information content (AvgIpc) is 3.01. The molecule has 0 saturated carbocycles. The Balaban J connectivity index is 1.66. The van der Waals surface area contributed by atoms with Gasteiger partial charge >= 0.3 is 0 Å². The third-order valence-corrected chi connectivity index (χ3v) is 4.16. The standard InChI is InChI=1S/C16H16BrN3O4/c17-14-4-3-13(24-14)16(22)20-7-1-2-11(9-20)23-10-5-6-19-12(8-10)15(18)21/h3-6,8,11H,1-2,7,9H2,(H2,18,21). The predicted molar refractivity (Wildman–Crippen MR) is 88.7 cm³/mol. The molecule has 1 fully saturated rings. The molecule has 0 radical (unpaired) electrons. The smallest absolute Gasteiger partial charge is 0.289 e. The number of hydrogen-bond acceptors (Lipinski definition) is 5. The molecule has 1 aliphatic heterocycles. The zero-order valence-electron chi connectivity index (χ0n) is 12.8. The second-order valence-corrected chi connectivity index (χ2v) is 6.26. The number of nitrogens with zero attached hydrogens (tertiary/aromatic N) is 2. The fourth-order valence-electron chi connectivity index (χ4n) is 2.62. The molecule has 2 aromatic rings. The highest BCUT2D eigenvalue weighted by molar-refractivity contribution is 9.10. The summed E-state index contributed by atoms with van der Waals surface area (Å²) in [5.74, 6) is 0.0344. The normalized spacial score (nSPS) is 17.5. The summed E-state index contributed by atoms with van der Waals surface area (Å²) in [4.78, 5) is 29.2. The molecular formula is C16H16BrN3O4. The second-order valence-electron chi connectivity index (χ2n) is 5.48. The van der Waals surface area contributed by atoms with Gasteiger partial charge in [-0.2, -0.15) is 0 Å². The van der Waals surface area contributed by atoms with Gasteiger partial charge < -0.3 is 19.8 Å². The maximum Gasteiger partial charge on any atom is 0.289 e. The highest BCUT2D eigenvalue weighted by Gasteiger charge is 2.27. The lowest BCUT2D eigenvalue weighted by Gasteiger charge is -2.32. The number of aromatic nitrogens is 1. The minimum atomic E-state index is -0.607. The molecule has 24 heavy (non-hydrogen) atoms. The molecule has 3 heterocycles. The molecule has 0 bridgehead atoms. The van der Waals surface area contributed by atoms with Crippen LogP contribution in [0, 0.1) is 0 Å². The van der Waals surface area contributed by atoms with Crippen molar-refractivity contribution in [2.45, 2.75) is 18.9 Å². The number of ether oxygens (including phenoxy) is 1. The van der Waals surface area contributed by atoms with Gasteiger partial charge in [0.15, 0.2) is 10.4 Å². The number of piperidine rings is 1. The minimum absolute atomic E-state index is 0.150. The fourth-order valence-corrected chi connectivity index (χ4v) is 2.92. The molecule has 1 aliphatic rings. The summed E-state index contributed by atoms with van der Waals surface area (Å²) in [6, 6.07) is 6.50. The van der Waals surface area contributed by atoms with E-state index < -0.39 is 5.91 Å². The highest BCUT2D eigenvalue weighted by Crippen LogP contribution is 2.21. The van der Waals surface area contributed by atoms with Crippen molar-refractivity contribution >= 4 is 27.7 Å². The van der Waals surface area contributed by atoms with E-state index in [1.54, 1.807) is 23.1 Å². The minimum Gasteiger partial charge on any atom is -0.488 e. The van der Waals surface area contributed by atoms with Gasteiger partial charge in [-0.25, -0.2) is 0 Å².